The zero-order chi connectivity index (χ0) is 23.8. The highest BCUT2D eigenvalue weighted by Crippen LogP contribution is 2.32. The van der Waals surface area contributed by atoms with Crippen molar-refractivity contribution in [3.63, 3.8) is 0 Å². The predicted molar refractivity (Wildman–Crippen MR) is 122 cm³/mol. The van der Waals surface area contributed by atoms with Crippen LogP contribution in [0.3, 0.4) is 0 Å². The van der Waals surface area contributed by atoms with Crippen LogP contribution in [0.1, 0.15) is 47.5 Å². The normalized spacial score (nSPS) is 19.6. The summed E-state index contributed by atoms with van der Waals surface area (Å²) in [6.07, 6.45) is 3.24. The first-order valence-corrected chi connectivity index (χ1v) is 12.5. The molecule has 1 aromatic carbocycles. The van der Waals surface area contributed by atoms with E-state index in [1.165, 1.54) is 4.31 Å². The van der Waals surface area contributed by atoms with Crippen molar-refractivity contribution >= 4 is 33.2 Å². The molecule has 3 N–H and O–H groups in total. The average molecular weight is 476 g/mol. The van der Waals surface area contributed by atoms with E-state index in [0.29, 0.717) is 36.3 Å². The molecular weight excluding hydrogens is 446 g/mol. The molecule has 4 rings (SSSR count). The fourth-order valence-corrected chi connectivity index (χ4v) is 6.42. The van der Waals surface area contributed by atoms with Gasteiger partial charge in [0, 0.05) is 31.7 Å². The van der Waals surface area contributed by atoms with Crippen molar-refractivity contribution in [1.82, 2.24) is 9.46 Å². The lowest BCUT2D eigenvalue weighted by molar-refractivity contribution is -0.120. The SMILES string of the molecule is Cc1noc(C)c1S(=O)(=O)N1CCCC(C(=O)Nc2cc(C(N)=O)ccc2N2CCCC2)C1. The quantitative estimate of drug-likeness (QED) is 0.652. The number of rotatable bonds is 6. The molecule has 2 aliphatic rings. The van der Waals surface area contributed by atoms with Crippen LogP contribution in [-0.2, 0) is 14.8 Å². The maximum Gasteiger partial charge on any atom is 0.248 e. The van der Waals surface area contributed by atoms with E-state index in [9.17, 15) is 18.0 Å². The van der Waals surface area contributed by atoms with Crippen LogP contribution in [0.25, 0.3) is 0 Å². The molecule has 1 aromatic heterocycles. The van der Waals surface area contributed by atoms with Gasteiger partial charge in [0.15, 0.2) is 5.76 Å². The van der Waals surface area contributed by atoms with Crippen molar-refractivity contribution < 1.29 is 22.5 Å². The first-order chi connectivity index (χ1) is 15.7. The molecule has 10 nitrogen and oxygen atoms in total. The lowest BCUT2D eigenvalue weighted by Gasteiger charge is -2.31. The second-order valence-electron chi connectivity index (χ2n) is 8.64. The van der Waals surface area contributed by atoms with Gasteiger partial charge in [-0.15, -0.1) is 0 Å². The van der Waals surface area contributed by atoms with Crippen LogP contribution in [-0.4, -0.2) is 55.9 Å². The fourth-order valence-electron chi connectivity index (χ4n) is 4.60. The number of carbonyl (C=O) groups excluding carboxylic acids is 2. The number of primary amides is 1. The molecule has 2 aliphatic heterocycles. The number of anilines is 2. The van der Waals surface area contributed by atoms with E-state index < -0.39 is 21.8 Å². The number of benzene rings is 1. The summed E-state index contributed by atoms with van der Waals surface area (Å²) in [6.45, 7) is 5.27. The van der Waals surface area contributed by atoms with Crippen molar-refractivity contribution in [3.8, 4) is 0 Å². The fraction of sp³-hybridized carbons (Fsp3) is 0.500. The highest BCUT2D eigenvalue weighted by molar-refractivity contribution is 7.89. The number of nitrogens with one attached hydrogen (secondary N) is 1. The Morgan fingerprint density at radius 1 is 1.15 bits per heavy atom. The van der Waals surface area contributed by atoms with E-state index in [-0.39, 0.29) is 23.1 Å². The molecule has 0 aliphatic carbocycles. The number of sulfonamides is 1. The van der Waals surface area contributed by atoms with Crippen LogP contribution in [0, 0.1) is 19.8 Å². The average Bonchev–Trinajstić information content (AvgIpc) is 3.43. The summed E-state index contributed by atoms with van der Waals surface area (Å²) >= 11 is 0. The third kappa shape index (κ3) is 4.60. The van der Waals surface area contributed by atoms with Crippen molar-refractivity contribution in [2.45, 2.75) is 44.4 Å². The molecule has 11 heteroatoms. The Balaban J connectivity index is 1.55. The Labute approximate surface area is 193 Å². The molecule has 2 amide bonds. The van der Waals surface area contributed by atoms with Crippen molar-refractivity contribution in [2.75, 3.05) is 36.4 Å². The lowest BCUT2D eigenvalue weighted by atomic mass is 9.98. The largest absolute Gasteiger partial charge is 0.370 e. The van der Waals surface area contributed by atoms with Crippen LogP contribution in [0.2, 0.25) is 0 Å². The molecule has 0 saturated carbocycles. The van der Waals surface area contributed by atoms with E-state index in [1.807, 2.05) is 0 Å². The molecule has 0 spiro atoms. The number of amides is 2. The maximum atomic E-state index is 13.2. The molecule has 1 unspecified atom stereocenters. The Bertz CT molecular complexity index is 1150. The minimum absolute atomic E-state index is 0.0623. The summed E-state index contributed by atoms with van der Waals surface area (Å²) in [7, 11) is -3.83. The summed E-state index contributed by atoms with van der Waals surface area (Å²) in [5, 5.41) is 6.70. The number of nitrogens with zero attached hydrogens (tertiary/aromatic N) is 3. The predicted octanol–water partition coefficient (Wildman–Crippen LogP) is 2.03. The third-order valence-corrected chi connectivity index (χ3v) is 8.42. The zero-order valence-electron chi connectivity index (χ0n) is 18.8. The van der Waals surface area contributed by atoms with Gasteiger partial charge < -0.3 is 20.5 Å². The molecule has 1 atom stereocenters. The minimum atomic E-state index is -3.83. The number of aryl methyl sites for hydroxylation is 2. The molecule has 0 radical (unpaired) electrons. The van der Waals surface area contributed by atoms with Crippen molar-refractivity contribution in [2.24, 2.45) is 11.7 Å². The summed E-state index contributed by atoms with van der Waals surface area (Å²) < 4.78 is 32.8. The van der Waals surface area contributed by atoms with Crippen LogP contribution in [0.15, 0.2) is 27.6 Å². The van der Waals surface area contributed by atoms with Gasteiger partial charge in [0.1, 0.15) is 10.6 Å². The standard InChI is InChI=1S/C22H29N5O5S/c1-14-20(15(2)32-25-14)33(30,31)27-11-5-6-17(13-27)22(29)24-18-12-16(21(23)28)7-8-19(18)26-9-3-4-10-26/h7-8,12,17H,3-6,9-11,13H2,1-2H3,(H2,23,28)(H,24,29). The van der Waals surface area contributed by atoms with Crippen molar-refractivity contribution in [3.05, 3.63) is 35.2 Å². The van der Waals surface area contributed by atoms with Gasteiger partial charge in [-0.1, -0.05) is 5.16 Å². The molecule has 0 bridgehead atoms. The maximum absolute atomic E-state index is 13.2. The highest BCUT2D eigenvalue weighted by atomic mass is 32.2. The van der Waals surface area contributed by atoms with Crippen LogP contribution in [0.5, 0.6) is 0 Å². The summed E-state index contributed by atoms with van der Waals surface area (Å²) in [5.74, 6) is -1.15. The molecule has 3 heterocycles. The second-order valence-corrected chi connectivity index (χ2v) is 10.5. The number of piperidine rings is 1. The van der Waals surface area contributed by atoms with Gasteiger partial charge in [0.25, 0.3) is 0 Å². The van der Waals surface area contributed by atoms with Gasteiger partial charge in [-0.25, -0.2) is 8.42 Å². The number of hydrogen-bond donors (Lipinski definition) is 2. The topological polar surface area (TPSA) is 139 Å². The van der Waals surface area contributed by atoms with Crippen LogP contribution < -0.4 is 16.0 Å². The molecule has 2 aromatic rings. The van der Waals surface area contributed by atoms with Gasteiger partial charge in [0.2, 0.25) is 21.8 Å². The van der Waals surface area contributed by atoms with E-state index in [2.05, 4.69) is 15.4 Å². The lowest BCUT2D eigenvalue weighted by Crippen LogP contribution is -2.44. The first-order valence-electron chi connectivity index (χ1n) is 11.1. The molecule has 2 saturated heterocycles. The monoisotopic (exact) mass is 475 g/mol. The summed E-state index contributed by atoms with van der Waals surface area (Å²) in [4.78, 5) is 27.1. The zero-order valence-corrected chi connectivity index (χ0v) is 19.7. The number of carbonyl (C=O) groups is 2. The summed E-state index contributed by atoms with van der Waals surface area (Å²) in [5.41, 5.74) is 7.41. The smallest absolute Gasteiger partial charge is 0.248 e. The van der Waals surface area contributed by atoms with E-state index in [4.69, 9.17) is 10.3 Å². The Kier molecular flexibility index (Phi) is 6.44. The van der Waals surface area contributed by atoms with Gasteiger partial charge in [-0.3, -0.25) is 9.59 Å². The summed E-state index contributed by atoms with van der Waals surface area (Å²) in [6, 6.07) is 5.05. The minimum Gasteiger partial charge on any atom is -0.370 e. The van der Waals surface area contributed by atoms with Gasteiger partial charge in [-0.2, -0.15) is 4.31 Å². The van der Waals surface area contributed by atoms with Gasteiger partial charge >= 0.3 is 0 Å². The molecular formula is C22H29N5O5S. The number of nitrogens with two attached hydrogens (primary N) is 1. The second kappa shape index (κ2) is 9.14. The molecule has 178 valence electrons. The van der Waals surface area contributed by atoms with Crippen molar-refractivity contribution in [1.29, 1.82) is 0 Å². The van der Waals surface area contributed by atoms with E-state index >= 15 is 0 Å². The van der Waals surface area contributed by atoms with Gasteiger partial charge in [-0.05, 0) is 57.7 Å². The van der Waals surface area contributed by atoms with Crippen LogP contribution >= 0.6 is 0 Å². The molecule has 33 heavy (non-hydrogen) atoms. The van der Waals surface area contributed by atoms with Gasteiger partial charge in [0.05, 0.1) is 17.3 Å². The van der Waals surface area contributed by atoms with E-state index in [1.54, 1.807) is 32.0 Å². The third-order valence-electron chi connectivity index (χ3n) is 6.31. The van der Waals surface area contributed by atoms with Crippen LogP contribution in [0.4, 0.5) is 11.4 Å². The molecule has 2 fully saturated rings. The number of hydrogen-bond acceptors (Lipinski definition) is 7. The number of aromatic nitrogens is 1. The van der Waals surface area contributed by atoms with E-state index in [0.717, 1.165) is 31.6 Å². The Morgan fingerprint density at radius 2 is 1.88 bits per heavy atom. The Morgan fingerprint density at radius 3 is 2.52 bits per heavy atom. The Hall–Kier alpha value is -2.92. The first kappa shape index (κ1) is 23.2. The highest BCUT2D eigenvalue weighted by Gasteiger charge is 2.36.